The topological polar surface area (TPSA) is 84.7 Å². The number of hydrogen-bond donors (Lipinski definition) is 0. The zero-order chi connectivity index (χ0) is 17.4. The standard InChI is InChI=1S/C15H16FNO5S2/c16-13-5-3-12(4-6-13)10-24(20,21)17-8-15(9-17)23(18,19)11-14-2-1-7-22-14/h1-7,15H,8-11H2. The predicted octanol–water partition coefficient (Wildman–Crippen LogP) is 1.55. The molecule has 1 fully saturated rings. The first-order chi connectivity index (χ1) is 11.3. The monoisotopic (exact) mass is 373 g/mol. The lowest BCUT2D eigenvalue weighted by atomic mass is 10.2. The molecule has 3 rings (SSSR count). The highest BCUT2D eigenvalue weighted by Gasteiger charge is 2.43. The molecule has 1 saturated heterocycles. The van der Waals surface area contributed by atoms with Gasteiger partial charge in [0.25, 0.3) is 0 Å². The van der Waals surface area contributed by atoms with Crippen LogP contribution in [0.3, 0.4) is 0 Å². The predicted molar refractivity (Wildman–Crippen MR) is 85.7 cm³/mol. The summed E-state index contributed by atoms with van der Waals surface area (Å²) in [6.07, 6.45) is 1.39. The van der Waals surface area contributed by atoms with Gasteiger partial charge in [-0.25, -0.2) is 21.2 Å². The first-order valence-electron chi connectivity index (χ1n) is 7.22. The van der Waals surface area contributed by atoms with E-state index in [1.54, 1.807) is 12.1 Å². The SMILES string of the molecule is O=S(=O)(Cc1ccco1)C1CN(S(=O)(=O)Cc2ccc(F)cc2)C1. The van der Waals surface area contributed by atoms with Gasteiger partial charge in [-0.05, 0) is 29.8 Å². The molecule has 0 bridgehead atoms. The molecule has 0 spiro atoms. The number of benzene rings is 1. The highest BCUT2D eigenvalue weighted by molar-refractivity contribution is 7.92. The molecular weight excluding hydrogens is 357 g/mol. The molecule has 1 aromatic heterocycles. The quantitative estimate of drug-likeness (QED) is 0.767. The van der Waals surface area contributed by atoms with Crippen LogP contribution in [0.15, 0.2) is 47.1 Å². The highest BCUT2D eigenvalue weighted by atomic mass is 32.2. The van der Waals surface area contributed by atoms with Gasteiger partial charge in [0.15, 0.2) is 9.84 Å². The maximum absolute atomic E-state index is 12.9. The number of furan rings is 1. The van der Waals surface area contributed by atoms with Crippen molar-refractivity contribution >= 4 is 19.9 Å². The number of rotatable bonds is 6. The second-order valence-corrected chi connectivity index (χ2v) is 9.96. The lowest BCUT2D eigenvalue weighted by Gasteiger charge is -2.37. The summed E-state index contributed by atoms with van der Waals surface area (Å²) in [6.45, 7) is -0.126. The van der Waals surface area contributed by atoms with Gasteiger partial charge in [0.1, 0.15) is 17.3 Å². The van der Waals surface area contributed by atoms with Crippen molar-refractivity contribution in [2.75, 3.05) is 13.1 Å². The average Bonchev–Trinajstić information content (AvgIpc) is 2.90. The third kappa shape index (κ3) is 3.68. The molecule has 2 heterocycles. The van der Waals surface area contributed by atoms with Gasteiger partial charge in [0.2, 0.25) is 10.0 Å². The largest absolute Gasteiger partial charge is 0.468 e. The summed E-state index contributed by atoms with van der Waals surface area (Å²) in [6, 6.07) is 8.36. The van der Waals surface area contributed by atoms with Crippen LogP contribution in [0.2, 0.25) is 0 Å². The van der Waals surface area contributed by atoms with Crippen molar-refractivity contribution in [3.8, 4) is 0 Å². The van der Waals surface area contributed by atoms with Crippen LogP contribution >= 0.6 is 0 Å². The third-order valence-electron chi connectivity index (χ3n) is 3.90. The van der Waals surface area contributed by atoms with Crippen molar-refractivity contribution in [3.63, 3.8) is 0 Å². The second-order valence-electron chi connectivity index (χ2n) is 5.71. The molecule has 0 saturated carbocycles. The van der Waals surface area contributed by atoms with Crippen molar-refractivity contribution in [2.45, 2.75) is 16.8 Å². The van der Waals surface area contributed by atoms with Gasteiger partial charge in [-0.15, -0.1) is 0 Å². The van der Waals surface area contributed by atoms with Crippen LogP contribution in [-0.2, 0) is 31.4 Å². The summed E-state index contributed by atoms with van der Waals surface area (Å²) in [4.78, 5) is 0. The molecule has 0 aliphatic carbocycles. The van der Waals surface area contributed by atoms with Crippen molar-refractivity contribution in [2.24, 2.45) is 0 Å². The summed E-state index contributed by atoms with van der Waals surface area (Å²) >= 11 is 0. The van der Waals surface area contributed by atoms with Crippen LogP contribution in [0.25, 0.3) is 0 Å². The zero-order valence-electron chi connectivity index (χ0n) is 12.6. The fourth-order valence-electron chi connectivity index (χ4n) is 2.45. The average molecular weight is 373 g/mol. The fourth-order valence-corrected chi connectivity index (χ4v) is 5.86. The van der Waals surface area contributed by atoms with E-state index in [-0.39, 0.29) is 24.6 Å². The molecule has 0 atom stereocenters. The Morgan fingerprint density at radius 2 is 1.71 bits per heavy atom. The summed E-state index contributed by atoms with van der Waals surface area (Å²) in [5.41, 5.74) is 0.457. The molecule has 0 radical (unpaired) electrons. The van der Waals surface area contributed by atoms with E-state index in [2.05, 4.69) is 0 Å². The Bertz CT molecular complexity index is 899. The second kappa shape index (κ2) is 6.30. The third-order valence-corrected chi connectivity index (χ3v) is 7.69. The van der Waals surface area contributed by atoms with Crippen LogP contribution < -0.4 is 0 Å². The number of sulfonamides is 1. The summed E-state index contributed by atoms with van der Waals surface area (Å²) in [5, 5.41) is -0.731. The van der Waals surface area contributed by atoms with Gasteiger partial charge in [0.05, 0.1) is 17.3 Å². The molecule has 0 unspecified atom stereocenters. The van der Waals surface area contributed by atoms with Crippen LogP contribution in [0.4, 0.5) is 4.39 Å². The Morgan fingerprint density at radius 1 is 1.04 bits per heavy atom. The molecule has 1 aliphatic heterocycles. The van der Waals surface area contributed by atoms with E-state index >= 15 is 0 Å². The minimum atomic E-state index is -3.62. The lowest BCUT2D eigenvalue weighted by molar-refractivity contribution is 0.308. The summed E-state index contributed by atoms with van der Waals surface area (Å²) in [7, 11) is -7.09. The fraction of sp³-hybridized carbons (Fsp3) is 0.333. The number of nitrogens with zero attached hydrogens (tertiary/aromatic N) is 1. The maximum Gasteiger partial charge on any atom is 0.218 e. The van der Waals surface area contributed by atoms with E-state index in [1.165, 1.54) is 30.5 Å². The van der Waals surface area contributed by atoms with Gasteiger partial charge in [-0.2, -0.15) is 4.31 Å². The Morgan fingerprint density at radius 3 is 2.29 bits per heavy atom. The molecule has 24 heavy (non-hydrogen) atoms. The van der Waals surface area contributed by atoms with Crippen molar-refractivity contribution in [1.82, 2.24) is 4.31 Å². The van der Waals surface area contributed by atoms with Gasteiger partial charge < -0.3 is 4.42 Å². The maximum atomic E-state index is 12.9. The molecule has 2 aromatic rings. The number of sulfone groups is 1. The van der Waals surface area contributed by atoms with E-state index in [0.29, 0.717) is 11.3 Å². The van der Waals surface area contributed by atoms with E-state index in [1.807, 2.05) is 0 Å². The van der Waals surface area contributed by atoms with Gasteiger partial charge in [-0.3, -0.25) is 0 Å². The van der Waals surface area contributed by atoms with Crippen LogP contribution in [0.1, 0.15) is 11.3 Å². The van der Waals surface area contributed by atoms with Crippen LogP contribution in [0, 0.1) is 5.82 Å². The van der Waals surface area contributed by atoms with Crippen molar-refractivity contribution in [3.05, 3.63) is 59.8 Å². The van der Waals surface area contributed by atoms with Crippen LogP contribution in [-0.4, -0.2) is 39.5 Å². The lowest BCUT2D eigenvalue weighted by Crippen LogP contribution is -2.57. The first-order valence-corrected chi connectivity index (χ1v) is 10.5. The first kappa shape index (κ1) is 17.1. The zero-order valence-corrected chi connectivity index (χ0v) is 14.3. The Balaban J connectivity index is 1.61. The highest BCUT2D eigenvalue weighted by Crippen LogP contribution is 2.25. The van der Waals surface area contributed by atoms with E-state index < -0.39 is 30.9 Å². The molecule has 0 N–H and O–H groups in total. The molecule has 1 aliphatic rings. The number of hydrogen-bond acceptors (Lipinski definition) is 5. The van der Waals surface area contributed by atoms with Gasteiger partial charge in [0, 0.05) is 13.1 Å². The van der Waals surface area contributed by atoms with Crippen molar-refractivity contribution < 1.29 is 25.6 Å². The van der Waals surface area contributed by atoms with E-state index in [4.69, 9.17) is 4.42 Å². The molecule has 6 nitrogen and oxygen atoms in total. The molecule has 130 valence electrons. The normalized spacial score (nSPS) is 16.9. The number of halogens is 1. The summed E-state index contributed by atoms with van der Waals surface area (Å²) in [5.74, 6) is -0.624. The van der Waals surface area contributed by atoms with Gasteiger partial charge >= 0.3 is 0 Å². The Hall–Kier alpha value is -1.71. The van der Waals surface area contributed by atoms with Gasteiger partial charge in [-0.1, -0.05) is 12.1 Å². The minimum Gasteiger partial charge on any atom is -0.468 e. The molecular formula is C15H16FNO5S2. The smallest absolute Gasteiger partial charge is 0.218 e. The molecule has 9 heteroatoms. The van der Waals surface area contributed by atoms with Crippen molar-refractivity contribution in [1.29, 1.82) is 0 Å². The molecule has 1 aromatic carbocycles. The van der Waals surface area contributed by atoms with Crippen LogP contribution in [0.5, 0.6) is 0 Å². The minimum absolute atomic E-state index is 0.0629. The van der Waals surface area contributed by atoms with E-state index in [0.717, 1.165) is 4.31 Å². The Labute approximate surface area is 139 Å². The molecule has 0 amide bonds. The van der Waals surface area contributed by atoms with E-state index in [9.17, 15) is 21.2 Å². The summed E-state index contributed by atoms with van der Waals surface area (Å²) < 4.78 is 68.0. The Kier molecular flexibility index (Phi) is 4.50.